The minimum Gasteiger partial charge on any atom is -0.346 e. The minimum atomic E-state index is -0.937. The van der Waals surface area contributed by atoms with Crippen molar-refractivity contribution >= 4 is 5.91 Å². The lowest BCUT2D eigenvalue weighted by Gasteiger charge is -2.26. The normalized spacial score (nSPS) is 11.3. The van der Waals surface area contributed by atoms with E-state index in [0.29, 0.717) is 5.56 Å². The smallest absolute Gasteiger partial charge is 0.234 e. The number of carbonyl (C=O) groups is 1. The molecule has 16 heavy (non-hydrogen) atoms. The zero-order valence-electron chi connectivity index (χ0n) is 9.18. The van der Waals surface area contributed by atoms with E-state index >= 15 is 0 Å². The van der Waals surface area contributed by atoms with Crippen LogP contribution in [0, 0.1) is 11.6 Å². The molecular weight excluding hydrogens is 214 g/mol. The number of halogens is 2. The fraction of sp³-hybridized carbons (Fsp3) is 0.364. The summed E-state index contributed by atoms with van der Waals surface area (Å²) in [5, 5.41) is 2.62. The van der Waals surface area contributed by atoms with Crippen molar-refractivity contribution in [3.8, 4) is 0 Å². The predicted molar refractivity (Wildman–Crippen MR) is 56.6 cm³/mol. The van der Waals surface area contributed by atoms with Gasteiger partial charge in [0.25, 0.3) is 0 Å². The summed E-state index contributed by atoms with van der Waals surface area (Å²) in [7, 11) is 0. The van der Waals surface area contributed by atoms with Crippen molar-refractivity contribution in [1.82, 2.24) is 5.32 Å². The quantitative estimate of drug-likeness (QED) is 0.818. The van der Waals surface area contributed by atoms with Gasteiger partial charge in [-0.25, -0.2) is 8.78 Å². The monoisotopic (exact) mass is 228 g/mol. The molecule has 0 atom stereocenters. The first-order valence-electron chi connectivity index (χ1n) is 4.83. The van der Waals surface area contributed by atoms with Crippen LogP contribution in [0.2, 0.25) is 0 Å². The summed E-state index contributed by atoms with van der Waals surface area (Å²) < 4.78 is 25.7. The van der Waals surface area contributed by atoms with Gasteiger partial charge in [-0.05, 0) is 31.5 Å². The van der Waals surface area contributed by atoms with E-state index in [9.17, 15) is 13.6 Å². The molecule has 1 amide bonds. The molecule has 0 fully saturated rings. The predicted octanol–water partition coefficient (Wildman–Crippen LogP) is 1.27. The first-order chi connectivity index (χ1) is 7.36. The van der Waals surface area contributed by atoms with Gasteiger partial charge in [-0.15, -0.1) is 0 Å². The van der Waals surface area contributed by atoms with Gasteiger partial charge in [0, 0.05) is 0 Å². The van der Waals surface area contributed by atoms with E-state index < -0.39 is 17.2 Å². The van der Waals surface area contributed by atoms with Gasteiger partial charge >= 0.3 is 0 Å². The van der Waals surface area contributed by atoms with Gasteiger partial charge in [-0.3, -0.25) is 4.79 Å². The number of hydrogen-bond acceptors (Lipinski definition) is 2. The van der Waals surface area contributed by atoms with Crippen molar-refractivity contribution in [2.45, 2.75) is 19.4 Å². The average molecular weight is 228 g/mol. The molecule has 88 valence electrons. The molecule has 0 saturated carbocycles. The topological polar surface area (TPSA) is 55.1 Å². The Bertz CT molecular complexity index is 405. The molecule has 0 aromatic heterocycles. The van der Waals surface area contributed by atoms with Gasteiger partial charge < -0.3 is 11.1 Å². The van der Waals surface area contributed by atoms with Crippen LogP contribution in [0.25, 0.3) is 0 Å². The summed E-state index contributed by atoms with van der Waals surface area (Å²) in [5.41, 5.74) is 4.86. The molecule has 0 saturated heterocycles. The van der Waals surface area contributed by atoms with Crippen molar-refractivity contribution in [2.75, 3.05) is 6.54 Å². The second-order valence-corrected chi connectivity index (χ2v) is 4.01. The van der Waals surface area contributed by atoms with Crippen molar-refractivity contribution in [2.24, 2.45) is 5.73 Å². The van der Waals surface area contributed by atoms with E-state index in [1.54, 1.807) is 13.8 Å². The fourth-order valence-corrected chi connectivity index (χ4v) is 1.36. The molecule has 1 aromatic rings. The zero-order valence-corrected chi connectivity index (χ0v) is 9.18. The van der Waals surface area contributed by atoms with Crippen LogP contribution in [-0.4, -0.2) is 12.5 Å². The highest BCUT2D eigenvalue weighted by Crippen LogP contribution is 2.21. The van der Waals surface area contributed by atoms with Crippen molar-refractivity contribution in [3.05, 3.63) is 35.4 Å². The van der Waals surface area contributed by atoms with Crippen LogP contribution in [0.15, 0.2) is 18.2 Å². The summed E-state index contributed by atoms with van der Waals surface area (Å²) in [6, 6.07) is 3.52. The lowest BCUT2D eigenvalue weighted by molar-refractivity contribution is -0.121. The highest BCUT2D eigenvalue weighted by Gasteiger charge is 2.23. The lowest BCUT2D eigenvalue weighted by Crippen LogP contribution is -2.43. The molecule has 0 spiro atoms. The number of benzene rings is 1. The van der Waals surface area contributed by atoms with Gasteiger partial charge in [-0.2, -0.15) is 0 Å². The Labute approximate surface area is 92.6 Å². The molecule has 0 aliphatic carbocycles. The van der Waals surface area contributed by atoms with Crippen LogP contribution in [0.4, 0.5) is 8.78 Å². The second kappa shape index (κ2) is 4.57. The van der Waals surface area contributed by atoms with Crippen LogP contribution in [0.5, 0.6) is 0 Å². The van der Waals surface area contributed by atoms with Gasteiger partial charge in [0.2, 0.25) is 5.91 Å². The maximum atomic E-state index is 13.0. The Morgan fingerprint density at radius 2 is 2.00 bits per heavy atom. The van der Waals surface area contributed by atoms with Gasteiger partial charge in [0.1, 0.15) is 0 Å². The molecule has 0 radical (unpaired) electrons. The molecule has 1 rings (SSSR count). The molecule has 3 N–H and O–H groups in total. The Kier molecular flexibility index (Phi) is 3.59. The summed E-state index contributed by atoms with van der Waals surface area (Å²) in [4.78, 5) is 11.1. The average Bonchev–Trinajstić information content (AvgIpc) is 2.21. The van der Waals surface area contributed by atoms with E-state index in [1.807, 2.05) is 0 Å². The van der Waals surface area contributed by atoms with Crippen molar-refractivity contribution < 1.29 is 13.6 Å². The van der Waals surface area contributed by atoms with Crippen molar-refractivity contribution in [1.29, 1.82) is 0 Å². The first-order valence-corrected chi connectivity index (χ1v) is 4.83. The number of rotatable bonds is 3. The van der Waals surface area contributed by atoms with Gasteiger partial charge in [0.05, 0.1) is 12.1 Å². The maximum absolute atomic E-state index is 13.0. The largest absolute Gasteiger partial charge is 0.346 e. The Hall–Kier alpha value is -1.49. The molecule has 3 nitrogen and oxygen atoms in total. The molecule has 0 aliphatic heterocycles. The molecule has 0 aliphatic rings. The van der Waals surface area contributed by atoms with E-state index in [4.69, 9.17) is 5.73 Å². The van der Waals surface area contributed by atoms with Crippen LogP contribution in [0.1, 0.15) is 19.4 Å². The molecule has 1 aromatic carbocycles. The molecule has 0 bridgehead atoms. The summed E-state index contributed by atoms with van der Waals surface area (Å²) in [5.74, 6) is -2.20. The second-order valence-electron chi connectivity index (χ2n) is 4.01. The number of nitrogens with two attached hydrogens (primary N) is 1. The number of carbonyl (C=O) groups excluding carboxylic acids is 1. The lowest BCUT2D eigenvalue weighted by atomic mass is 9.94. The Balaban J connectivity index is 2.97. The number of hydrogen-bond donors (Lipinski definition) is 2. The minimum absolute atomic E-state index is 0.146. The maximum Gasteiger partial charge on any atom is 0.234 e. The van der Waals surface area contributed by atoms with Crippen LogP contribution >= 0.6 is 0 Å². The first kappa shape index (κ1) is 12.6. The fourth-order valence-electron chi connectivity index (χ4n) is 1.36. The van der Waals surface area contributed by atoms with E-state index in [1.165, 1.54) is 6.07 Å². The third kappa shape index (κ3) is 2.76. The third-order valence-electron chi connectivity index (χ3n) is 2.28. The molecule has 0 heterocycles. The van der Waals surface area contributed by atoms with Crippen molar-refractivity contribution in [3.63, 3.8) is 0 Å². The third-order valence-corrected chi connectivity index (χ3v) is 2.28. The summed E-state index contributed by atoms with van der Waals surface area (Å²) in [6.45, 7) is 3.23. The number of amides is 1. The molecule has 5 heteroatoms. The zero-order chi connectivity index (χ0) is 12.3. The molecule has 0 unspecified atom stereocenters. The standard InChI is InChI=1S/C11H14F2N2O/c1-11(2,15-10(16)6-14)7-3-4-8(12)9(13)5-7/h3-5H,6,14H2,1-2H3,(H,15,16). The highest BCUT2D eigenvalue weighted by atomic mass is 19.2. The van der Waals surface area contributed by atoms with E-state index in [0.717, 1.165) is 12.1 Å². The van der Waals surface area contributed by atoms with Gasteiger partial charge in [0.15, 0.2) is 11.6 Å². The van der Waals surface area contributed by atoms with Crippen LogP contribution < -0.4 is 11.1 Å². The van der Waals surface area contributed by atoms with E-state index in [-0.39, 0.29) is 12.5 Å². The van der Waals surface area contributed by atoms with Crippen LogP contribution in [0.3, 0.4) is 0 Å². The Morgan fingerprint density at radius 3 is 2.50 bits per heavy atom. The van der Waals surface area contributed by atoms with Gasteiger partial charge in [-0.1, -0.05) is 6.07 Å². The Morgan fingerprint density at radius 1 is 1.38 bits per heavy atom. The molecular formula is C11H14F2N2O. The number of nitrogens with one attached hydrogen (secondary N) is 1. The summed E-state index contributed by atoms with van der Waals surface area (Å²) >= 11 is 0. The highest BCUT2D eigenvalue weighted by molar-refractivity contribution is 5.78. The van der Waals surface area contributed by atoms with Crippen LogP contribution in [-0.2, 0) is 10.3 Å². The van der Waals surface area contributed by atoms with E-state index in [2.05, 4.69) is 5.32 Å². The summed E-state index contributed by atoms with van der Waals surface area (Å²) in [6.07, 6.45) is 0. The SMILES string of the molecule is CC(C)(NC(=O)CN)c1ccc(F)c(F)c1.